The molecule has 5 aromatic rings. The minimum Gasteiger partial charge on any atom is -0.497 e. The van der Waals surface area contributed by atoms with Crippen LogP contribution in [0.3, 0.4) is 0 Å². The summed E-state index contributed by atoms with van der Waals surface area (Å²) in [6.07, 6.45) is 0. The van der Waals surface area contributed by atoms with E-state index in [0.717, 1.165) is 16.7 Å². The van der Waals surface area contributed by atoms with Crippen molar-refractivity contribution in [2.75, 3.05) is 18.2 Å². The van der Waals surface area contributed by atoms with E-state index in [1.807, 2.05) is 66.7 Å². The third-order valence-electron chi connectivity index (χ3n) is 4.87. The molecule has 0 radical (unpaired) electrons. The smallest absolute Gasteiger partial charge is 0.234 e. The van der Waals surface area contributed by atoms with E-state index in [1.165, 1.54) is 11.8 Å². The monoisotopic (exact) mass is 457 g/mol. The van der Waals surface area contributed by atoms with E-state index in [1.54, 1.807) is 13.2 Å². The van der Waals surface area contributed by atoms with Gasteiger partial charge in [0.25, 0.3) is 0 Å². The van der Waals surface area contributed by atoms with Gasteiger partial charge in [-0.1, -0.05) is 42.1 Å². The van der Waals surface area contributed by atoms with Gasteiger partial charge >= 0.3 is 0 Å². The molecule has 2 N–H and O–H groups in total. The van der Waals surface area contributed by atoms with Crippen LogP contribution in [0.1, 0.15) is 0 Å². The number of nitrogens with one attached hydrogen (secondary N) is 2. The Morgan fingerprint density at radius 2 is 1.82 bits per heavy atom. The van der Waals surface area contributed by atoms with Gasteiger partial charge in [0, 0.05) is 10.9 Å². The molecule has 3 aromatic carbocycles. The Morgan fingerprint density at radius 1 is 1.00 bits per heavy atom. The van der Waals surface area contributed by atoms with E-state index in [9.17, 15) is 4.79 Å². The number of benzene rings is 3. The summed E-state index contributed by atoms with van der Waals surface area (Å²) in [5.41, 5.74) is 2.75. The lowest BCUT2D eigenvalue weighted by Gasteiger charge is -2.12. The molecule has 0 aliphatic rings. The molecule has 164 valence electrons. The Kier molecular flexibility index (Phi) is 5.77. The van der Waals surface area contributed by atoms with Gasteiger partial charge in [0.1, 0.15) is 17.0 Å². The number of hydrogen-bond acceptors (Lipinski definition) is 7. The van der Waals surface area contributed by atoms with Gasteiger partial charge in [0.05, 0.1) is 18.6 Å². The molecule has 33 heavy (non-hydrogen) atoms. The first-order chi connectivity index (χ1) is 16.2. The predicted molar refractivity (Wildman–Crippen MR) is 128 cm³/mol. The maximum Gasteiger partial charge on any atom is 0.234 e. The van der Waals surface area contributed by atoms with Crippen molar-refractivity contribution in [1.29, 1.82) is 0 Å². The van der Waals surface area contributed by atoms with Crippen molar-refractivity contribution in [3.8, 4) is 17.2 Å². The van der Waals surface area contributed by atoms with E-state index >= 15 is 0 Å². The van der Waals surface area contributed by atoms with Crippen LogP contribution in [-0.4, -0.2) is 38.9 Å². The number of amides is 1. The van der Waals surface area contributed by atoms with E-state index in [0.29, 0.717) is 33.5 Å². The summed E-state index contributed by atoms with van der Waals surface area (Å²) in [6.45, 7) is 0. The van der Waals surface area contributed by atoms with Crippen molar-refractivity contribution >= 4 is 45.4 Å². The van der Waals surface area contributed by atoms with Gasteiger partial charge in [-0.15, -0.1) is 10.2 Å². The standard InChI is InChI=1S/C24H19N5O3S/c1-31-16-11-12-18-17(13-16)22-23(26-18)27-24(29-28-22)33-14-21(30)25-19-9-5-6-10-20(19)32-15-7-3-2-4-8-15/h2-13H,14H2,1H3,(H,25,30)(H,26,27,29). The van der Waals surface area contributed by atoms with Crippen LogP contribution in [0.5, 0.6) is 17.2 Å². The highest BCUT2D eigenvalue weighted by Gasteiger charge is 2.13. The lowest BCUT2D eigenvalue weighted by Crippen LogP contribution is -2.15. The Balaban J connectivity index is 1.27. The first kappa shape index (κ1) is 20.8. The topological polar surface area (TPSA) is 102 Å². The summed E-state index contributed by atoms with van der Waals surface area (Å²) in [6, 6.07) is 22.4. The number of H-pyrrole nitrogens is 1. The van der Waals surface area contributed by atoms with E-state index in [2.05, 4.69) is 25.5 Å². The summed E-state index contributed by atoms with van der Waals surface area (Å²) in [4.78, 5) is 20.3. The molecule has 9 heteroatoms. The van der Waals surface area contributed by atoms with Crippen molar-refractivity contribution in [3.63, 3.8) is 0 Å². The molecule has 0 spiro atoms. The van der Waals surface area contributed by atoms with Gasteiger partial charge in [-0.2, -0.15) is 0 Å². The number of para-hydroxylation sites is 3. The predicted octanol–water partition coefficient (Wildman–Crippen LogP) is 5.04. The largest absolute Gasteiger partial charge is 0.497 e. The number of fused-ring (bicyclic) bond motifs is 3. The second kappa shape index (κ2) is 9.17. The number of hydrogen-bond donors (Lipinski definition) is 2. The number of rotatable bonds is 7. The number of aromatic nitrogens is 4. The molecule has 0 atom stereocenters. The number of carbonyl (C=O) groups is 1. The van der Waals surface area contributed by atoms with Crippen LogP contribution in [0.25, 0.3) is 22.1 Å². The van der Waals surface area contributed by atoms with Crippen molar-refractivity contribution in [3.05, 3.63) is 72.8 Å². The summed E-state index contributed by atoms with van der Waals surface area (Å²) in [7, 11) is 1.62. The molecule has 0 unspecified atom stereocenters. The normalized spacial score (nSPS) is 10.9. The third-order valence-corrected chi connectivity index (χ3v) is 5.70. The number of anilines is 1. The SMILES string of the molecule is COc1ccc2[nH]c3nc(SCC(=O)Nc4ccccc4Oc4ccccc4)nnc3c2c1. The summed E-state index contributed by atoms with van der Waals surface area (Å²) >= 11 is 1.21. The van der Waals surface area contributed by atoms with Crippen molar-refractivity contribution in [2.24, 2.45) is 0 Å². The number of thioether (sulfide) groups is 1. The maximum atomic E-state index is 12.6. The van der Waals surface area contributed by atoms with Gasteiger partial charge < -0.3 is 19.8 Å². The molecule has 0 saturated carbocycles. The van der Waals surface area contributed by atoms with E-state index in [4.69, 9.17) is 9.47 Å². The number of nitrogens with zero attached hydrogens (tertiary/aromatic N) is 3. The van der Waals surface area contributed by atoms with Crippen LogP contribution in [0.4, 0.5) is 5.69 Å². The molecular formula is C24H19N5O3S. The quantitative estimate of drug-likeness (QED) is 0.330. The van der Waals surface area contributed by atoms with Crippen LogP contribution in [0, 0.1) is 0 Å². The summed E-state index contributed by atoms with van der Waals surface area (Å²) in [5.74, 6) is 1.92. The molecule has 0 aliphatic carbocycles. The zero-order valence-electron chi connectivity index (χ0n) is 17.6. The zero-order valence-corrected chi connectivity index (χ0v) is 18.4. The number of aromatic amines is 1. The Labute approximate surface area is 193 Å². The second-order valence-electron chi connectivity index (χ2n) is 7.08. The van der Waals surface area contributed by atoms with Crippen molar-refractivity contribution in [2.45, 2.75) is 5.16 Å². The number of methoxy groups -OCH3 is 1. The highest BCUT2D eigenvalue weighted by molar-refractivity contribution is 7.99. The minimum atomic E-state index is -0.200. The molecular weight excluding hydrogens is 438 g/mol. The van der Waals surface area contributed by atoms with Gasteiger partial charge in [0.2, 0.25) is 11.1 Å². The van der Waals surface area contributed by atoms with Gasteiger partial charge in [-0.05, 0) is 42.5 Å². The average molecular weight is 458 g/mol. The van der Waals surface area contributed by atoms with Crippen LogP contribution in [0.2, 0.25) is 0 Å². The molecule has 8 nitrogen and oxygen atoms in total. The first-order valence-electron chi connectivity index (χ1n) is 10.1. The van der Waals surface area contributed by atoms with Crippen LogP contribution in [0.15, 0.2) is 78.0 Å². The molecule has 0 saturated heterocycles. The summed E-state index contributed by atoms with van der Waals surface area (Å²) in [5, 5.41) is 12.6. The maximum absolute atomic E-state index is 12.6. The minimum absolute atomic E-state index is 0.126. The van der Waals surface area contributed by atoms with Gasteiger partial charge in [-0.3, -0.25) is 4.79 Å². The molecule has 1 amide bonds. The third kappa shape index (κ3) is 4.58. The second-order valence-corrected chi connectivity index (χ2v) is 8.02. The van der Waals surface area contributed by atoms with Gasteiger partial charge in [-0.25, -0.2) is 4.98 Å². The van der Waals surface area contributed by atoms with Crippen LogP contribution in [-0.2, 0) is 4.79 Å². The first-order valence-corrected chi connectivity index (χ1v) is 11.1. The molecule has 0 fully saturated rings. The zero-order chi connectivity index (χ0) is 22.6. The average Bonchev–Trinajstić information content (AvgIpc) is 3.21. The fraction of sp³-hybridized carbons (Fsp3) is 0.0833. The number of carbonyl (C=O) groups excluding carboxylic acids is 1. The van der Waals surface area contributed by atoms with E-state index < -0.39 is 0 Å². The van der Waals surface area contributed by atoms with Gasteiger partial charge in [0.15, 0.2) is 11.4 Å². The molecule has 0 aliphatic heterocycles. The highest BCUT2D eigenvalue weighted by atomic mass is 32.2. The lowest BCUT2D eigenvalue weighted by molar-refractivity contribution is -0.113. The Morgan fingerprint density at radius 3 is 2.67 bits per heavy atom. The Bertz CT molecular complexity index is 1440. The molecule has 2 heterocycles. The van der Waals surface area contributed by atoms with Crippen molar-refractivity contribution < 1.29 is 14.3 Å². The molecule has 0 bridgehead atoms. The Hall–Kier alpha value is -4.11. The highest BCUT2D eigenvalue weighted by Crippen LogP contribution is 2.30. The fourth-order valence-electron chi connectivity index (χ4n) is 3.31. The van der Waals surface area contributed by atoms with Crippen LogP contribution < -0.4 is 14.8 Å². The molecule has 5 rings (SSSR count). The van der Waals surface area contributed by atoms with Crippen LogP contribution >= 0.6 is 11.8 Å². The van der Waals surface area contributed by atoms with E-state index in [-0.39, 0.29) is 11.7 Å². The molecule has 2 aromatic heterocycles. The fourth-order valence-corrected chi connectivity index (χ4v) is 3.90. The van der Waals surface area contributed by atoms with Crippen molar-refractivity contribution in [1.82, 2.24) is 20.2 Å². The number of ether oxygens (including phenoxy) is 2. The lowest BCUT2D eigenvalue weighted by atomic mass is 10.2. The summed E-state index contributed by atoms with van der Waals surface area (Å²) < 4.78 is 11.2.